The molecule has 1 rings (SSSR count). The van der Waals surface area contributed by atoms with Crippen LogP contribution < -0.4 is 10.5 Å². The lowest BCUT2D eigenvalue weighted by Crippen LogP contribution is -2.30. The van der Waals surface area contributed by atoms with E-state index in [1.165, 1.54) is 19.2 Å². The van der Waals surface area contributed by atoms with Crippen LogP contribution in [0.1, 0.15) is 24.2 Å². The van der Waals surface area contributed by atoms with Gasteiger partial charge in [0.25, 0.3) is 5.91 Å². The van der Waals surface area contributed by atoms with Crippen LogP contribution in [-0.4, -0.2) is 36.1 Å². The number of nitrogens with zero attached hydrogens (tertiary/aromatic N) is 1. The first-order valence-corrected chi connectivity index (χ1v) is 5.50. The number of rotatable bonds is 4. The Hall–Kier alpha value is -1.91. The summed E-state index contributed by atoms with van der Waals surface area (Å²) in [6.07, 6.45) is 0. The van der Waals surface area contributed by atoms with E-state index in [0.29, 0.717) is 18.7 Å². The molecule has 3 N–H and O–H groups in total. The number of amides is 1. The zero-order chi connectivity index (χ0) is 13.0. The highest BCUT2D eigenvalue weighted by Gasteiger charge is 2.16. The molecule has 0 aliphatic heterocycles. The zero-order valence-electron chi connectivity index (χ0n) is 10.4. The molecule has 0 fully saturated rings. The fraction of sp³-hybridized carbons (Fsp3) is 0.417. The first-order chi connectivity index (χ1) is 8.04. The van der Waals surface area contributed by atoms with Crippen molar-refractivity contribution < 1.29 is 14.6 Å². The Morgan fingerprint density at radius 1 is 1.41 bits per heavy atom. The van der Waals surface area contributed by atoms with Crippen LogP contribution in [0, 0.1) is 0 Å². The number of benzene rings is 1. The standard InChI is InChI=1S/C12H18N2O3/c1-4-14(5-2)12(16)8-6-9(13)11(15)10(7-8)17-3/h6-7,15H,4-5,13H2,1-3H3. The second kappa shape index (κ2) is 5.43. The summed E-state index contributed by atoms with van der Waals surface area (Å²) in [5.41, 5.74) is 6.17. The number of nitrogen functional groups attached to an aromatic ring is 1. The van der Waals surface area contributed by atoms with Crippen LogP contribution in [0.3, 0.4) is 0 Å². The molecule has 0 atom stereocenters. The summed E-state index contributed by atoms with van der Waals surface area (Å²) in [5, 5.41) is 9.58. The predicted octanol–water partition coefficient (Wildman–Crippen LogP) is 1.46. The van der Waals surface area contributed by atoms with Crippen molar-refractivity contribution in [3.8, 4) is 11.5 Å². The molecular weight excluding hydrogens is 220 g/mol. The topological polar surface area (TPSA) is 75.8 Å². The van der Waals surface area contributed by atoms with Crippen molar-refractivity contribution in [2.45, 2.75) is 13.8 Å². The molecule has 5 nitrogen and oxygen atoms in total. The number of ether oxygens (including phenoxy) is 1. The molecule has 0 radical (unpaired) electrons. The first kappa shape index (κ1) is 13.2. The number of carbonyl (C=O) groups excluding carboxylic acids is 1. The van der Waals surface area contributed by atoms with Crippen LogP contribution >= 0.6 is 0 Å². The zero-order valence-corrected chi connectivity index (χ0v) is 10.4. The van der Waals surface area contributed by atoms with Gasteiger partial charge in [-0.05, 0) is 26.0 Å². The number of phenolic OH excluding ortho intramolecular Hbond substituents is 1. The van der Waals surface area contributed by atoms with E-state index < -0.39 is 0 Å². The molecule has 94 valence electrons. The molecule has 17 heavy (non-hydrogen) atoms. The largest absolute Gasteiger partial charge is 0.503 e. The highest BCUT2D eigenvalue weighted by molar-refractivity contribution is 5.96. The molecule has 0 heterocycles. The fourth-order valence-electron chi connectivity index (χ4n) is 1.60. The third-order valence-corrected chi connectivity index (χ3v) is 2.62. The van der Waals surface area contributed by atoms with Crippen molar-refractivity contribution in [1.82, 2.24) is 4.90 Å². The van der Waals surface area contributed by atoms with E-state index in [2.05, 4.69) is 0 Å². The molecule has 0 saturated heterocycles. The van der Waals surface area contributed by atoms with Crippen LogP contribution in [0.2, 0.25) is 0 Å². The van der Waals surface area contributed by atoms with Crippen LogP contribution in [0.25, 0.3) is 0 Å². The lowest BCUT2D eigenvalue weighted by molar-refractivity contribution is 0.0772. The van der Waals surface area contributed by atoms with Gasteiger partial charge in [-0.3, -0.25) is 4.79 Å². The highest BCUT2D eigenvalue weighted by Crippen LogP contribution is 2.33. The number of hydrogen-bond donors (Lipinski definition) is 2. The normalized spacial score (nSPS) is 10.1. The van der Waals surface area contributed by atoms with Crippen molar-refractivity contribution in [3.05, 3.63) is 17.7 Å². The van der Waals surface area contributed by atoms with Gasteiger partial charge in [0.1, 0.15) is 0 Å². The Morgan fingerprint density at radius 2 is 2.00 bits per heavy atom. The van der Waals surface area contributed by atoms with Crippen molar-refractivity contribution in [2.24, 2.45) is 0 Å². The van der Waals surface area contributed by atoms with Crippen molar-refractivity contribution in [1.29, 1.82) is 0 Å². The number of nitrogens with two attached hydrogens (primary N) is 1. The summed E-state index contributed by atoms with van der Waals surface area (Å²) in [6, 6.07) is 2.95. The summed E-state index contributed by atoms with van der Waals surface area (Å²) < 4.78 is 4.96. The average molecular weight is 238 g/mol. The van der Waals surface area contributed by atoms with Gasteiger partial charge >= 0.3 is 0 Å². The number of phenols is 1. The minimum Gasteiger partial charge on any atom is -0.503 e. The lowest BCUT2D eigenvalue weighted by Gasteiger charge is -2.19. The first-order valence-electron chi connectivity index (χ1n) is 5.50. The molecule has 0 bridgehead atoms. The van der Waals surface area contributed by atoms with Gasteiger partial charge in [-0.1, -0.05) is 0 Å². The van der Waals surface area contributed by atoms with E-state index in [0.717, 1.165) is 0 Å². The summed E-state index contributed by atoms with van der Waals surface area (Å²) in [6.45, 7) is 5.06. The maximum absolute atomic E-state index is 12.1. The molecule has 1 amide bonds. The predicted molar refractivity (Wildman–Crippen MR) is 66.3 cm³/mol. The van der Waals surface area contributed by atoms with E-state index in [4.69, 9.17) is 10.5 Å². The quantitative estimate of drug-likeness (QED) is 0.615. The lowest BCUT2D eigenvalue weighted by atomic mass is 10.1. The number of aromatic hydroxyl groups is 1. The summed E-state index contributed by atoms with van der Waals surface area (Å²) in [5.74, 6) is -0.0518. The maximum atomic E-state index is 12.1. The van der Waals surface area contributed by atoms with E-state index in [9.17, 15) is 9.90 Å². The Morgan fingerprint density at radius 3 is 2.47 bits per heavy atom. The average Bonchev–Trinajstić information content (AvgIpc) is 2.33. The van der Waals surface area contributed by atoms with Crippen LogP contribution in [0.4, 0.5) is 5.69 Å². The monoisotopic (exact) mass is 238 g/mol. The molecule has 0 aliphatic carbocycles. The molecule has 0 saturated carbocycles. The van der Waals surface area contributed by atoms with Crippen molar-refractivity contribution in [2.75, 3.05) is 25.9 Å². The van der Waals surface area contributed by atoms with E-state index >= 15 is 0 Å². The Bertz CT molecular complexity index is 414. The van der Waals surface area contributed by atoms with Gasteiger partial charge < -0.3 is 20.5 Å². The molecule has 1 aromatic rings. The molecule has 0 aliphatic rings. The minimum atomic E-state index is -0.136. The smallest absolute Gasteiger partial charge is 0.254 e. The maximum Gasteiger partial charge on any atom is 0.254 e. The molecule has 0 spiro atoms. The SMILES string of the molecule is CCN(CC)C(=O)c1cc(N)c(O)c(OC)c1. The molecule has 5 heteroatoms. The van der Waals surface area contributed by atoms with E-state index in [-0.39, 0.29) is 23.1 Å². The van der Waals surface area contributed by atoms with Gasteiger partial charge in [-0.2, -0.15) is 0 Å². The van der Waals surface area contributed by atoms with E-state index in [1.807, 2.05) is 13.8 Å². The van der Waals surface area contributed by atoms with Crippen molar-refractivity contribution >= 4 is 11.6 Å². The summed E-state index contributed by atoms with van der Waals surface area (Å²) in [4.78, 5) is 13.7. The number of hydrogen-bond acceptors (Lipinski definition) is 4. The molecule has 1 aromatic carbocycles. The highest BCUT2D eigenvalue weighted by atomic mass is 16.5. The Balaban J connectivity index is 3.15. The molecular formula is C12H18N2O3. The number of methoxy groups -OCH3 is 1. The second-order valence-corrected chi connectivity index (χ2v) is 3.59. The summed E-state index contributed by atoms with van der Waals surface area (Å²) in [7, 11) is 1.42. The van der Waals surface area contributed by atoms with Crippen LogP contribution in [0.5, 0.6) is 11.5 Å². The van der Waals surface area contributed by atoms with Crippen molar-refractivity contribution in [3.63, 3.8) is 0 Å². The Kier molecular flexibility index (Phi) is 4.20. The third-order valence-electron chi connectivity index (χ3n) is 2.62. The third kappa shape index (κ3) is 2.61. The van der Waals surface area contributed by atoms with Gasteiger partial charge in [0, 0.05) is 18.7 Å². The van der Waals surface area contributed by atoms with Crippen LogP contribution in [-0.2, 0) is 0 Å². The number of carbonyl (C=O) groups is 1. The van der Waals surface area contributed by atoms with Gasteiger partial charge in [-0.15, -0.1) is 0 Å². The van der Waals surface area contributed by atoms with Crippen LogP contribution in [0.15, 0.2) is 12.1 Å². The van der Waals surface area contributed by atoms with Gasteiger partial charge in [0.2, 0.25) is 0 Å². The van der Waals surface area contributed by atoms with Gasteiger partial charge in [0.15, 0.2) is 11.5 Å². The van der Waals surface area contributed by atoms with Gasteiger partial charge in [-0.25, -0.2) is 0 Å². The van der Waals surface area contributed by atoms with Gasteiger partial charge in [0.05, 0.1) is 12.8 Å². The molecule has 0 unspecified atom stereocenters. The summed E-state index contributed by atoms with van der Waals surface area (Å²) >= 11 is 0. The second-order valence-electron chi connectivity index (χ2n) is 3.59. The molecule has 0 aromatic heterocycles. The number of anilines is 1. The Labute approximate surface area is 101 Å². The minimum absolute atomic E-state index is 0.125. The fourth-order valence-corrected chi connectivity index (χ4v) is 1.60. The van der Waals surface area contributed by atoms with E-state index in [1.54, 1.807) is 4.90 Å².